The topological polar surface area (TPSA) is 58.6 Å². The number of rotatable bonds is 7. The second-order valence-electron chi connectivity index (χ2n) is 6.27. The number of halogens is 1. The van der Waals surface area contributed by atoms with Crippen LogP contribution >= 0.6 is 35.6 Å². The molecule has 150 valence electrons. The number of thioether (sulfide) groups is 1. The van der Waals surface area contributed by atoms with E-state index in [1.165, 1.54) is 11.8 Å². The molecule has 5 nitrogen and oxygen atoms in total. The zero-order valence-electron chi connectivity index (χ0n) is 15.7. The molecule has 0 spiro atoms. The lowest BCUT2D eigenvalue weighted by Gasteiger charge is -2.14. The van der Waals surface area contributed by atoms with Crippen molar-refractivity contribution in [3.63, 3.8) is 0 Å². The molecule has 1 saturated heterocycles. The van der Waals surface area contributed by atoms with Gasteiger partial charge in [0.1, 0.15) is 10.1 Å². The highest BCUT2D eigenvalue weighted by molar-refractivity contribution is 8.26. The molecule has 0 saturated carbocycles. The molecule has 1 N–H and O–H groups in total. The predicted octanol–water partition coefficient (Wildman–Crippen LogP) is 4.97. The standard InChI is InChI=1S/C21H19ClN2O3S2/c1-27-17-10-8-16(9-11-17)23-19(25)3-2-12-24-20(26)18(29-21(24)28)13-14-4-6-15(22)7-5-14/h4-11,13H,2-3,12H2,1H3,(H,23,25)/b18-13-. The maximum atomic E-state index is 12.6. The molecule has 0 unspecified atom stereocenters. The molecule has 1 heterocycles. The van der Waals surface area contributed by atoms with Crippen LogP contribution in [0.2, 0.25) is 5.02 Å². The highest BCUT2D eigenvalue weighted by Crippen LogP contribution is 2.32. The summed E-state index contributed by atoms with van der Waals surface area (Å²) in [7, 11) is 1.59. The van der Waals surface area contributed by atoms with Gasteiger partial charge in [0.05, 0.1) is 12.0 Å². The summed E-state index contributed by atoms with van der Waals surface area (Å²) >= 11 is 12.5. The number of nitrogens with one attached hydrogen (secondary N) is 1. The minimum absolute atomic E-state index is 0.114. The maximum absolute atomic E-state index is 12.6. The monoisotopic (exact) mass is 446 g/mol. The summed E-state index contributed by atoms with van der Waals surface area (Å²) in [6.07, 6.45) is 2.61. The van der Waals surface area contributed by atoms with E-state index in [0.29, 0.717) is 39.3 Å². The normalized spacial score (nSPS) is 15.1. The Balaban J connectivity index is 1.51. The third-order valence-corrected chi connectivity index (χ3v) is 5.83. The molecule has 29 heavy (non-hydrogen) atoms. The van der Waals surface area contributed by atoms with Gasteiger partial charge in [0.15, 0.2) is 0 Å². The van der Waals surface area contributed by atoms with Crippen molar-refractivity contribution in [1.82, 2.24) is 4.90 Å². The fourth-order valence-corrected chi connectivity index (χ4v) is 4.13. The van der Waals surface area contributed by atoms with E-state index >= 15 is 0 Å². The molecule has 8 heteroatoms. The van der Waals surface area contributed by atoms with Crippen molar-refractivity contribution >= 4 is 63.5 Å². The van der Waals surface area contributed by atoms with Crippen LogP contribution in [0, 0.1) is 0 Å². The second-order valence-corrected chi connectivity index (χ2v) is 8.38. The number of hydrogen-bond donors (Lipinski definition) is 1. The molecule has 0 radical (unpaired) electrons. The third-order valence-electron chi connectivity index (χ3n) is 4.20. The lowest BCUT2D eigenvalue weighted by molar-refractivity contribution is -0.122. The van der Waals surface area contributed by atoms with E-state index in [0.717, 1.165) is 11.3 Å². The first-order valence-corrected chi connectivity index (χ1v) is 10.5. The highest BCUT2D eigenvalue weighted by Gasteiger charge is 2.31. The Labute approximate surface area is 184 Å². The summed E-state index contributed by atoms with van der Waals surface area (Å²) in [4.78, 5) is 26.9. The molecule has 1 aliphatic heterocycles. The fraction of sp³-hybridized carbons (Fsp3) is 0.190. The summed E-state index contributed by atoms with van der Waals surface area (Å²) < 4.78 is 5.60. The van der Waals surface area contributed by atoms with Crippen molar-refractivity contribution in [2.75, 3.05) is 19.0 Å². The largest absolute Gasteiger partial charge is 0.497 e. The predicted molar refractivity (Wildman–Crippen MR) is 122 cm³/mol. The van der Waals surface area contributed by atoms with Gasteiger partial charge < -0.3 is 10.1 Å². The van der Waals surface area contributed by atoms with Crippen LogP contribution in [-0.2, 0) is 9.59 Å². The van der Waals surface area contributed by atoms with Crippen molar-refractivity contribution in [3.05, 3.63) is 64.0 Å². The van der Waals surface area contributed by atoms with Crippen molar-refractivity contribution in [3.8, 4) is 5.75 Å². The van der Waals surface area contributed by atoms with Gasteiger partial charge in [-0.25, -0.2) is 0 Å². The summed E-state index contributed by atoms with van der Waals surface area (Å²) in [5.74, 6) is 0.479. The average molecular weight is 447 g/mol. The quantitative estimate of drug-likeness (QED) is 0.480. The number of ether oxygens (including phenoxy) is 1. The van der Waals surface area contributed by atoms with Gasteiger partial charge in [-0.1, -0.05) is 47.7 Å². The minimum Gasteiger partial charge on any atom is -0.497 e. The van der Waals surface area contributed by atoms with Crippen LogP contribution < -0.4 is 10.1 Å². The molecule has 2 aromatic carbocycles. The summed E-state index contributed by atoms with van der Waals surface area (Å²) in [5, 5.41) is 3.47. The van der Waals surface area contributed by atoms with Crippen molar-refractivity contribution in [2.24, 2.45) is 0 Å². The number of benzene rings is 2. The Morgan fingerprint density at radius 3 is 2.55 bits per heavy atom. The molecule has 3 rings (SSSR count). The van der Waals surface area contributed by atoms with Gasteiger partial charge in [-0.2, -0.15) is 0 Å². The highest BCUT2D eigenvalue weighted by atomic mass is 35.5. The number of carbonyl (C=O) groups is 2. The van der Waals surface area contributed by atoms with E-state index in [4.69, 9.17) is 28.6 Å². The maximum Gasteiger partial charge on any atom is 0.266 e. The van der Waals surface area contributed by atoms with Gasteiger partial charge in [-0.05, 0) is 54.5 Å². The van der Waals surface area contributed by atoms with Crippen LogP contribution in [0.1, 0.15) is 18.4 Å². The Bertz CT molecular complexity index is 943. The molecule has 2 amide bonds. The molecule has 0 aromatic heterocycles. The fourth-order valence-electron chi connectivity index (χ4n) is 2.70. The van der Waals surface area contributed by atoms with Gasteiger partial charge in [0, 0.05) is 23.7 Å². The van der Waals surface area contributed by atoms with Crippen LogP contribution in [0.15, 0.2) is 53.4 Å². The molecule has 0 aliphatic carbocycles. The van der Waals surface area contributed by atoms with Gasteiger partial charge in [0.25, 0.3) is 5.91 Å². The Morgan fingerprint density at radius 2 is 1.90 bits per heavy atom. The Kier molecular flexibility index (Phi) is 7.30. The number of anilines is 1. The lowest BCUT2D eigenvalue weighted by Crippen LogP contribution is -2.29. The van der Waals surface area contributed by atoms with E-state index in [1.54, 1.807) is 54.5 Å². The van der Waals surface area contributed by atoms with Crippen LogP contribution in [0.25, 0.3) is 6.08 Å². The van der Waals surface area contributed by atoms with Gasteiger partial charge >= 0.3 is 0 Å². The first kappa shape index (κ1) is 21.4. The SMILES string of the molecule is COc1ccc(NC(=O)CCCN2C(=O)/C(=C/c3ccc(Cl)cc3)SC2=S)cc1. The smallest absolute Gasteiger partial charge is 0.266 e. The minimum atomic E-state index is -0.134. The lowest BCUT2D eigenvalue weighted by atomic mass is 10.2. The van der Waals surface area contributed by atoms with E-state index < -0.39 is 0 Å². The Morgan fingerprint density at radius 1 is 1.21 bits per heavy atom. The van der Waals surface area contributed by atoms with Crippen molar-refractivity contribution < 1.29 is 14.3 Å². The van der Waals surface area contributed by atoms with Gasteiger partial charge in [0.2, 0.25) is 5.91 Å². The molecular weight excluding hydrogens is 428 g/mol. The summed E-state index contributed by atoms with van der Waals surface area (Å²) in [6, 6.07) is 14.4. The summed E-state index contributed by atoms with van der Waals surface area (Å²) in [6.45, 7) is 0.401. The molecule has 0 atom stereocenters. The number of nitrogens with zero attached hydrogens (tertiary/aromatic N) is 1. The van der Waals surface area contributed by atoms with Crippen LogP contribution in [0.4, 0.5) is 5.69 Å². The molecule has 2 aromatic rings. The van der Waals surface area contributed by atoms with Crippen LogP contribution in [0.5, 0.6) is 5.75 Å². The molecule has 1 aliphatic rings. The number of hydrogen-bond acceptors (Lipinski definition) is 5. The first-order valence-electron chi connectivity index (χ1n) is 8.91. The molecular formula is C21H19ClN2O3S2. The van der Waals surface area contributed by atoms with E-state index in [9.17, 15) is 9.59 Å². The second kappa shape index (κ2) is 9.91. The average Bonchev–Trinajstić information content (AvgIpc) is 2.97. The number of amides is 2. The first-order chi connectivity index (χ1) is 14.0. The van der Waals surface area contributed by atoms with E-state index in [-0.39, 0.29) is 11.8 Å². The van der Waals surface area contributed by atoms with Crippen molar-refractivity contribution in [1.29, 1.82) is 0 Å². The van der Waals surface area contributed by atoms with Gasteiger partial charge in [-0.3, -0.25) is 14.5 Å². The summed E-state index contributed by atoms with van der Waals surface area (Å²) in [5.41, 5.74) is 1.58. The van der Waals surface area contributed by atoms with Crippen molar-refractivity contribution in [2.45, 2.75) is 12.8 Å². The Hall–Kier alpha value is -2.35. The number of carbonyl (C=O) groups excluding carboxylic acids is 2. The van der Waals surface area contributed by atoms with Gasteiger partial charge in [-0.15, -0.1) is 0 Å². The number of thiocarbonyl (C=S) groups is 1. The van der Waals surface area contributed by atoms with E-state index in [2.05, 4.69) is 5.32 Å². The molecule has 0 bridgehead atoms. The molecule has 1 fully saturated rings. The van der Waals surface area contributed by atoms with Crippen LogP contribution in [-0.4, -0.2) is 34.7 Å². The number of methoxy groups -OCH3 is 1. The van der Waals surface area contributed by atoms with E-state index in [1.807, 2.05) is 12.1 Å². The zero-order chi connectivity index (χ0) is 20.8. The zero-order valence-corrected chi connectivity index (χ0v) is 18.1. The van der Waals surface area contributed by atoms with Crippen LogP contribution in [0.3, 0.4) is 0 Å². The third kappa shape index (κ3) is 5.82.